The molecule has 0 saturated carbocycles. The van der Waals surface area contributed by atoms with Gasteiger partial charge in [0.25, 0.3) is 0 Å². The summed E-state index contributed by atoms with van der Waals surface area (Å²) in [5.74, 6) is 0. The van der Waals surface area contributed by atoms with E-state index in [2.05, 4.69) is 155 Å². The quantitative estimate of drug-likeness (QED) is 0.206. The standard InChI is InChI=1S/C42H26N2O/c1-5-16-37-31(12-1)32-13-2-6-17-38(32)43(37)29-22-20-27(21-23-29)28-10-9-11-30(24-28)44-39-18-7-3-14-33(39)35-25-36-34-15-4-8-19-41(34)45-42(36)26-40(35)44/h1-26H. The molecule has 0 saturated heterocycles. The maximum atomic E-state index is 6.32. The average Bonchev–Trinajstić information content (AvgIpc) is 3.75. The van der Waals surface area contributed by atoms with Gasteiger partial charge in [-0.2, -0.15) is 0 Å². The number of furan rings is 1. The lowest BCUT2D eigenvalue weighted by Crippen LogP contribution is -1.95. The SMILES string of the molecule is c1cc(-c2ccc(-n3c4ccccc4c4ccccc43)cc2)cc(-n2c3ccccc3c3cc4c(cc32)oc2ccccc24)c1. The Morgan fingerprint density at radius 2 is 0.889 bits per heavy atom. The number of benzene rings is 7. The zero-order valence-corrected chi connectivity index (χ0v) is 24.3. The van der Waals surface area contributed by atoms with E-state index < -0.39 is 0 Å². The third-order valence-electron chi connectivity index (χ3n) is 9.31. The fourth-order valence-corrected chi connectivity index (χ4v) is 7.29. The van der Waals surface area contributed by atoms with Crippen LogP contribution in [0.1, 0.15) is 0 Å². The van der Waals surface area contributed by atoms with E-state index in [0.717, 1.165) is 38.8 Å². The Bertz CT molecular complexity index is 2700. The van der Waals surface area contributed by atoms with Crippen LogP contribution in [0.15, 0.2) is 162 Å². The number of hydrogen-bond donors (Lipinski definition) is 0. The predicted molar refractivity (Wildman–Crippen MR) is 188 cm³/mol. The van der Waals surface area contributed by atoms with Crippen molar-refractivity contribution in [3.63, 3.8) is 0 Å². The number of aromatic nitrogens is 2. The van der Waals surface area contributed by atoms with Gasteiger partial charge in [0.15, 0.2) is 0 Å². The van der Waals surface area contributed by atoms with Crippen molar-refractivity contribution in [3.8, 4) is 22.5 Å². The molecule has 10 aromatic rings. The zero-order valence-electron chi connectivity index (χ0n) is 24.3. The predicted octanol–water partition coefficient (Wildman–Crippen LogP) is 11.4. The minimum atomic E-state index is 0.907. The second-order valence-corrected chi connectivity index (χ2v) is 11.8. The molecular formula is C42H26N2O. The molecule has 0 atom stereocenters. The highest BCUT2D eigenvalue weighted by Gasteiger charge is 2.17. The second kappa shape index (κ2) is 9.22. The summed E-state index contributed by atoms with van der Waals surface area (Å²) in [5, 5.41) is 7.31. The fraction of sp³-hybridized carbons (Fsp3) is 0. The van der Waals surface area contributed by atoms with Crippen LogP contribution in [0, 0.1) is 0 Å². The van der Waals surface area contributed by atoms with Gasteiger partial charge in [0.2, 0.25) is 0 Å². The third-order valence-corrected chi connectivity index (χ3v) is 9.31. The van der Waals surface area contributed by atoms with E-state index in [1.165, 1.54) is 49.2 Å². The highest BCUT2D eigenvalue weighted by atomic mass is 16.3. The number of nitrogens with zero attached hydrogens (tertiary/aromatic N) is 2. The molecule has 0 radical (unpaired) electrons. The van der Waals surface area contributed by atoms with Gasteiger partial charge in [-0.15, -0.1) is 0 Å². The molecular weight excluding hydrogens is 548 g/mol. The van der Waals surface area contributed by atoms with Gasteiger partial charge >= 0.3 is 0 Å². The monoisotopic (exact) mass is 574 g/mol. The molecule has 0 amide bonds. The summed E-state index contributed by atoms with van der Waals surface area (Å²) < 4.78 is 11.1. The molecule has 45 heavy (non-hydrogen) atoms. The first-order valence-corrected chi connectivity index (χ1v) is 15.4. The highest BCUT2D eigenvalue weighted by molar-refractivity contribution is 6.17. The Kier molecular flexibility index (Phi) is 5.00. The lowest BCUT2D eigenvalue weighted by atomic mass is 10.0. The lowest BCUT2D eigenvalue weighted by Gasteiger charge is -2.12. The van der Waals surface area contributed by atoms with Crippen LogP contribution >= 0.6 is 0 Å². The summed E-state index contributed by atoms with van der Waals surface area (Å²) in [6.07, 6.45) is 0. The molecule has 7 aromatic carbocycles. The first-order valence-electron chi connectivity index (χ1n) is 15.4. The van der Waals surface area contributed by atoms with Crippen molar-refractivity contribution in [2.75, 3.05) is 0 Å². The Hall–Kier alpha value is -6.06. The summed E-state index contributed by atoms with van der Waals surface area (Å²) in [7, 11) is 0. The zero-order chi connectivity index (χ0) is 29.5. The topological polar surface area (TPSA) is 23.0 Å². The number of para-hydroxylation sites is 4. The molecule has 3 nitrogen and oxygen atoms in total. The van der Waals surface area contributed by atoms with E-state index in [1.807, 2.05) is 12.1 Å². The molecule has 10 rings (SSSR count). The number of rotatable bonds is 3. The lowest BCUT2D eigenvalue weighted by molar-refractivity contribution is 0.669. The molecule has 0 unspecified atom stereocenters. The minimum absolute atomic E-state index is 0.907. The molecule has 0 aliphatic carbocycles. The van der Waals surface area contributed by atoms with Crippen molar-refractivity contribution in [1.82, 2.24) is 9.13 Å². The van der Waals surface area contributed by atoms with Crippen molar-refractivity contribution in [2.45, 2.75) is 0 Å². The third kappa shape index (κ3) is 3.52. The fourth-order valence-electron chi connectivity index (χ4n) is 7.29. The molecule has 0 aliphatic heterocycles. The van der Waals surface area contributed by atoms with Crippen LogP contribution in [0.4, 0.5) is 0 Å². The van der Waals surface area contributed by atoms with Crippen LogP contribution < -0.4 is 0 Å². The minimum Gasteiger partial charge on any atom is -0.456 e. The molecule has 210 valence electrons. The van der Waals surface area contributed by atoms with Crippen molar-refractivity contribution in [2.24, 2.45) is 0 Å². The van der Waals surface area contributed by atoms with Crippen LogP contribution in [-0.4, -0.2) is 9.13 Å². The van der Waals surface area contributed by atoms with Gasteiger partial charge in [-0.05, 0) is 65.7 Å². The van der Waals surface area contributed by atoms with Gasteiger partial charge < -0.3 is 13.6 Å². The summed E-state index contributed by atoms with van der Waals surface area (Å²) in [5.41, 5.74) is 11.2. The molecule has 3 heterocycles. The van der Waals surface area contributed by atoms with Crippen LogP contribution in [0.5, 0.6) is 0 Å². The number of hydrogen-bond acceptors (Lipinski definition) is 1. The normalized spacial score (nSPS) is 12.0. The van der Waals surface area contributed by atoms with E-state index in [1.54, 1.807) is 0 Å². The van der Waals surface area contributed by atoms with E-state index in [9.17, 15) is 0 Å². The van der Waals surface area contributed by atoms with Gasteiger partial charge in [-0.1, -0.05) is 97.1 Å². The Morgan fingerprint density at radius 1 is 0.311 bits per heavy atom. The molecule has 0 spiro atoms. The second-order valence-electron chi connectivity index (χ2n) is 11.8. The molecule has 0 fully saturated rings. The van der Waals surface area contributed by atoms with E-state index in [0.29, 0.717) is 0 Å². The highest BCUT2D eigenvalue weighted by Crippen LogP contribution is 2.39. The Labute approximate surface area is 258 Å². The smallest absolute Gasteiger partial charge is 0.137 e. The van der Waals surface area contributed by atoms with Gasteiger partial charge in [0.1, 0.15) is 11.2 Å². The van der Waals surface area contributed by atoms with E-state index in [4.69, 9.17) is 4.42 Å². The summed E-state index contributed by atoms with van der Waals surface area (Å²) >= 11 is 0. The van der Waals surface area contributed by atoms with Gasteiger partial charge in [0.05, 0.1) is 22.1 Å². The van der Waals surface area contributed by atoms with Crippen LogP contribution in [0.25, 0.3) is 88.1 Å². The maximum Gasteiger partial charge on any atom is 0.137 e. The van der Waals surface area contributed by atoms with Crippen molar-refractivity contribution in [1.29, 1.82) is 0 Å². The summed E-state index contributed by atoms with van der Waals surface area (Å²) in [4.78, 5) is 0. The Balaban J connectivity index is 1.12. The van der Waals surface area contributed by atoms with Crippen molar-refractivity contribution in [3.05, 3.63) is 158 Å². The van der Waals surface area contributed by atoms with Gasteiger partial charge in [-0.3, -0.25) is 0 Å². The number of fused-ring (bicyclic) bond motifs is 9. The van der Waals surface area contributed by atoms with Crippen LogP contribution in [0.3, 0.4) is 0 Å². The van der Waals surface area contributed by atoms with Gasteiger partial charge in [0, 0.05) is 49.8 Å². The molecule has 3 heteroatoms. The largest absolute Gasteiger partial charge is 0.456 e. The van der Waals surface area contributed by atoms with Crippen LogP contribution in [-0.2, 0) is 0 Å². The first-order chi connectivity index (χ1) is 22.3. The average molecular weight is 575 g/mol. The van der Waals surface area contributed by atoms with E-state index >= 15 is 0 Å². The molecule has 0 aliphatic rings. The summed E-state index contributed by atoms with van der Waals surface area (Å²) in [6, 6.07) is 56.6. The van der Waals surface area contributed by atoms with Crippen molar-refractivity contribution < 1.29 is 4.42 Å². The van der Waals surface area contributed by atoms with Gasteiger partial charge in [-0.25, -0.2) is 0 Å². The molecule has 3 aromatic heterocycles. The molecule has 0 N–H and O–H groups in total. The Morgan fingerprint density at radius 3 is 1.58 bits per heavy atom. The first kappa shape index (κ1) is 24.4. The van der Waals surface area contributed by atoms with Crippen LogP contribution in [0.2, 0.25) is 0 Å². The summed E-state index contributed by atoms with van der Waals surface area (Å²) in [6.45, 7) is 0. The van der Waals surface area contributed by atoms with Crippen molar-refractivity contribution >= 4 is 65.6 Å². The molecule has 0 bridgehead atoms. The maximum absolute atomic E-state index is 6.32. The van der Waals surface area contributed by atoms with E-state index in [-0.39, 0.29) is 0 Å².